The Hall–Kier alpha value is -2.64. The Balaban J connectivity index is 0.00000280. The molecule has 28 heavy (non-hydrogen) atoms. The van der Waals surface area contributed by atoms with Crippen LogP contribution in [0.3, 0.4) is 0 Å². The summed E-state index contributed by atoms with van der Waals surface area (Å²) in [5, 5.41) is 8.75. The van der Waals surface area contributed by atoms with E-state index in [-0.39, 0.29) is 29.9 Å². The van der Waals surface area contributed by atoms with E-state index in [4.69, 9.17) is 4.74 Å². The fourth-order valence-corrected chi connectivity index (χ4v) is 3.01. The van der Waals surface area contributed by atoms with E-state index >= 15 is 0 Å². The van der Waals surface area contributed by atoms with Crippen LogP contribution in [0.25, 0.3) is 0 Å². The average molecular weight is 408 g/mol. The van der Waals surface area contributed by atoms with E-state index in [1.165, 1.54) is 25.3 Å². The van der Waals surface area contributed by atoms with E-state index in [9.17, 15) is 14.0 Å². The van der Waals surface area contributed by atoms with Gasteiger partial charge in [0.15, 0.2) is 0 Å². The van der Waals surface area contributed by atoms with Crippen LogP contribution in [0, 0.1) is 5.82 Å². The lowest BCUT2D eigenvalue weighted by molar-refractivity contribution is -0.118. The minimum Gasteiger partial charge on any atom is -0.495 e. The SMILES string of the molecule is COc1ccc(NC(=O)C2CCCCN2)cc1NC(=O)c1cccc(F)c1.Cl. The quantitative estimate of drug-likeness (QED) is 0.707. The molecule has 1 fully saturated rings. The second-order valence-electron chi connectivity index (χ2n) is 6.37. The molecular weight excluding hydrogens is 385 g/mol. The zero-order valence-corrected chi connectivity index (χ0v) is 16.3. The second-order valence-corrected chi connectivity index (χ2v) is 6.37. The van der Waals surface area contributed by atoms with Gasteiger partial charge in [0.2, 0.25) is 5.91 Å². The molecule has 3 N–H and O–H groups in total. The Kier molecular flexibility index (Phi) is 7.78. The van der Waals surface area contributed by atoms with Crippen LogP contribution in [-0.2, 0) is 4.79 Å². The first kappa shape index (κ1) is 21.7. The van der Waals surface area contributed by atoms with Gasteiger partial charge in [-0.3, -0.25) is 9.59 Å². The molecule has 6 nitrogen and oxygen atoms in total. The number of anilines is 2. The van der Waals surface area contributed by atoms with Crippen molar-refractivity contribution in [1.82, 2.24) is 5.32 Å². The molecule has 0 spiro atoms. The molecule has 0 aromatic heterocycles. The highest BCUT2D eigenvalue weighted by molar-refractivity contribution is 6.05. The molecule has 0 radical (unpaired) electrons. The van der Waals surface area contributed by atoms with Crippen LogP contribution in [0.2, 0.25) is 0 Å². The molecule has 2 aromatic rings. The maximum Gasteiger partial charge on any atom is 0.255 e. The summed E-state index contributed by atoms with van der Waals surface area (Å²) in [5.41, 5.74) is 1.13. The van der Waals surface area contributed by atoms with Gasteiger partial charge >= 0.3 is 0 Å². The molecule has 1 saturated heterocycles. The topological polar surface area (TPSA) is 79.5 Å². The molecule has 8 heteroatoms. The van der Waals surface area contributed by atoms with Crippen molar-refractivity contribution in [2.45, 2.75) is 25.3 Å². The molecule has 1 unspecified atom stereocenters. The standard InChI is InChI=1S/C20H22FN3O3.ClH/c1-27-18-9-8-15(23-20(26)16-7-2-3-10-22-16)12-17(18)24-19(25)13-5-4-6-14(21)11-13;/h4-6,8-9,11-12,16,22H,2-3,7,10H2,1H3,(H,23,26)(H,24,25);1H. The molecule has 0 bridgehead atoms. The van der Waals surface area contributed by atoms with Gasteiger partial charge < -0.3 is 20.7 Å². The molecule has 150 valence electrons. The summed E-state index contributed by atoms with van der Waals surface area (Å²) in [7, 11) is 1.48. The normalized spacial score (nSPS) is 15.9. The number of amides is 2. The van der Waals surface area contributed by atoms with Gasteiger partial charge in [0.25, 0.3) is 5.91 Å². The number of halogens is 2. The number of rotatable bonds is 5. The molecule has 2 aromatic carbocycles. The number of ether oxygens (including phenoxy) is 1. The van der Waals surface area contributed by atoms with Crippen LogP contribution in [-0.4, -0.2) is 31.5 Å². The molecule has 0 saturated carbocycles. The van der Waals surface area contributed by atoms with Gasteiger partial charge in [-0.2, -0.15) is 0 Å². The van der Waals surface area contributed by atoms with Crippen molar-refractivity contribution in [3.05, 3.63) is 53.8 Å². The van der Waals surface area contributed by atoms with E-state index in [1.807, 2.05) is 0 Å². The Labute approximate surface area is 169 Å². The van der Waals surface area contributed by atoms with Gasteiger partial charge in [0.05, 0.1) is 18.8 Å². The summed E-state index contributed by atoms with van der Waals surface area (Å²) in [6.07, 6.45) is 2.89. The largest absolute Gasteiger partial charge is 0.495 e. The maximum absolute atomic E-state index is 13.3. The van der Waals surface area contributed by atoms with Crippen LogP contribution in [0.5, 0.6) is 5.75 Å². The lowest BCUT2D eigenvalue weighted by Gasteiger charge is -2.22. The van der Waals surface area contributed by atoms with Crippen molar-refractivity contribution in [3.63, 3.8) is 0 Å². The molecular formula is C20H23ClFN3O3. The molecule has 1 heterocycles. The number of nitrogens with one attached hydrogen (secondary N) is 3. The lowest BCUT2D eigenvalue weighted by Crippen LogP contribution is -2.43. The third-order valence-electron chi connectivity index (χ3n) is 4.43. The number of methoxy groups -OCH3 is 1. The van der Waals surface area contributed by atoms with Crippen molar-refractivity contribution in [2.75, 3.05) is 24.3 Å². The number of hydrogen-bond acceptors (Lipinski definition) is 4. The summed E-state index contributed by atoms with van der Waals surface area (Å²) in [4.78, 5) is 24.8. The fourth-order valence-electron chi connectivity index (χ4n) is 3.01. The predicted molar refractivity (Wildman–Crippen MR) is 109 cm³/mol. The summed E-state index contributed by atoms with van der Waals surface area (Å²) in [6.45, 7) is 0.829. The van der Waals surface area contributed by atoms with E-state index in [0.29, 0.717) is 17.1 Å². The van der Waals surface area contributed by atoms with Gasteiger partial charge in [-0.1, -0.05) is 12.5 Å². The van der Waals surface area contributed by atoms with Gasteiger partial charge in [0, 0.05) is 11.3 Å². The van der Waals surface area contributed by atoms with Gasteiger partial charge in [-0.15, -0.1) is 12.4 Å². The highest BCUT2D eigenvalue weighted by Gasteiger charge is 2.21. The molecule has 3 rings (SSSR count). The summed E-state index contributed by atoms with van der Waals surface area (Å²) in [5.74, 6) is -0.628. The molecule has 1 aliphatic heterocycles. The summed E-state index contributed by atoms with van der Waals surface area (Å²) >= 11 is 0. The van der Waals surface area contributed by atoms with Gasteiger partial charge in [-0.05, 0) is 55.8 Å². The summed E-state index contributed by atoms with van der Waals surface area (Å²) in [6, 6.07) is 10.2. The monoisotopic (exact) mass is 407 g/mol. The summed E-state index contributed by atoms with van der Waals surface area (Å²) < 4.78 is 18.6. The third kappa shape index (κ3) is 5.43. The number of carbonyl (C=O) groups excluding carboxylic acids is 2. The number of carbonyl (C=O) groups is 2. The van der Waals surface area contributed by atoms with Crippen LogP contribution in [0.15, 0.2) is 42.5 Å². The average Bonchev–Trinajstić information content (AvgIpc) is 2.69. The Morgan fingerprint density at radius 1 is 1.14 bits per heavy atom. The van der Waals surface area contributed by atoms with Crippen LogP contribution in [0.4, 0.5) is 15.8 Å². The smallest absolute Gasteiger partial charge is 0.255 e. The Morgan fingerprint density at radius 3 is 2.64 bits per heavy atom. The molecule has 1 atom stereocenters. The van der Waals surface area contributed by atoms with Crippen LogP contribution < -0.4 is 20.7 Å². The lowest BCUT2D eigenvalue weighted by atomic mass is 10.0. The van der Waals surface area contributed by atoms with E-state index < -0.39 is 11.7 Å². The molecule has 1 aliphatic rings. The van der Waals surface area contributed by atoms with Gasteiger partial charge in [-0.25, -0.2) is 4.39 Å². The van der Waals surface area contributed by atoms with Crippen molar-refractivity contribution in [1.29, 1.82) is 0 Å². The first-order valence-corrected chi connectivity index (χ1v) is 8.86. The van der Waals surface area contributed by atoms with Crippen LogP contribution >= 0.6 is 12.4 Å². The molecule has 2 amide bonds. The molecule has 0 aliphatic carbocycles. The Morgan fingerprint density at radius 2 is 1.96 bits per heavy atom. The predicted octanol–water partition coefficient (Wildman–Crippen LogP) is 3.59. The first-order valence-electron chi connectivity index (χ1n) is 8.86. The zero-order valence-electron chi connectivity index (χ0n) is 15.5. The number of hydrogen-bond donors (Lipinski definition) is 3. The highest BCUT2D eigenvalue weighted by atomic mass is 35.5. The van der Waals surface area contributed by atoms with Crippen molar-refractivity contribution < 1.29 is 18.7 Å². The van der Waals surface area contributed by atoms with E-state index in [1.54, 1.807) is 18.2 Å². The number of piperidine rings is 1. The zero-order chi connectivity index (χ0) is 19.2. The third-order valence-corrected chi connectivity index (χ3v) is 4.43. The van der Waals surface area contributed by atoms with Gasteiger partial charge in [0.1, 0.15) is 11.6 Å². The fraction of sp³-hybridized carbons (Fsp3) is 0.300. The maximum atomic E-state index is 13.3. The minimum atomic E-state index is -0.490. The van der Waals surface area contributed by atoms with Crippen molar-refractivity contribution in [2.24, 2.45) is 0 Å². The minimum absolute atomic E-state index is 0. The van der Waals surface area contributed by atoms with Crippen LogP contribution in [0.1, 0.15) is 29.6 Å². The second kappa shape index (κ2) is 10.1. The van der Waals surface area contributed by atoms with E-state index in [0.717, 1.165) is 31.9 Å². The number of benzene rings is 2. The first-order chi connectivity index (χ1) is 13.1. The van der Waals surface area contributed by atoms with E-state index in [2.05, 4.69) is 16.0 Å². The Bertz CT molecular complexity index is 841. The highest BCUT2D eigenvalue weighted by Crippen LogP contribution is 2.28. The van der Waals surface area contributed by atoms with Crippen molar-refractivity contribution >= 4 is 35.6 Å². The van der Waals surface area contributed by atoms with Crippen molar-refractivity contribution in [3.8, 4) is 5.75 Å².